The van der Waals surface area contributed by atoms with Gasteiger partial charge in [-0.3, -0.25) is 0 Å². The van der Waals surface area contributed by atoms with E-state index in [-0.39, 0.29) is 0 Å². The summed E-state index contributed by atoms with van der Waals surface area (Å²) in [5, 5.41) is 0.779. The Bertz CT molecular complexity index is 549. The van der Waals surface area contributed by atoms with Crippen molar-refractivity contribution in [1.29, 1.82) is 0 Å². The Balaban J connectivity index is 2.15. The quantitative estimate of drug-likeness (QED) is 0.909. The zero-order valence-corrected chi connectivity index (χ0v) is 12.8. The second-order valence-corrected chi connectivity index (χ2v) is 5.69. The van der Waals surface area contributed by atoms with Crippen LogP contribution in [0, 0.1) is 0 Å². The van der Waals surface area contributed by atoms with E-state index in [1.807, 2.05) is 32.3 Å². The molecule has 0 spiro atoms. The highest BCUT2D eigenvalue weighted by Crippen LogP contribution is 2.23. The molecule has 106 valence electrons. The molecule has 0 saturated heterocycles. The Kier molecular flexibility index (Phi) is 5.05. The SMILES string of the molecule is CN(C)c1ccc(C(CN)Cc2cccc(Cl)c2)cc1. The van der Waals surface area contributed by atoms with Crippen molar-refractivity contribution in [2.45, 2.75) is 12.3 Å². The predicted molar refractivity (Wildman–Crippen MR) is 87.7 cm³/mol. The van der Waals surface area contributed by atoms with Gasteiger partial charge in [0.2, 0.25) is 0 Å². The van der Waals surface area contributed by atoms with E-state index < -0.39 is 0 Å². The highest BCUT2D eigenvalue weighted by atomic mass is 35.5. The molecule has 1 atom stereocenters. The van der Waals surface area contributed by atoms with Gasteiger partial charge in [-0.15, -0.1) is 0 Å². The summed E-state index contributed by atoms with van der Waals surface area (Å²) in [7, 11) is 4.09. The molecule has 3 heteroatoms. The van der Waals surface area contributed by atoms with Crippen molar-refractivity contribution in [3.8, 4) is 0 Å². The summed E-state index contributed by atoms with van der Waals surface area (Å²) in [6.07, 6.45) is 0.915. The summed E-state index contributed by atoms with van der Waals surface area (Å²) < 4.78 is 0. The van der Waals surface area contributed by atoms with Gasteiger partial charge in [0.25, 0.3) is 0 Å². The second-order valence-electron chi connectivity index (χ2n) is 5.25. The first-order valence-electron chi connectivity index (χ1n) is 6.82. The molecule has 0 aliphatic heterocycles. The smallest absolute Gasteiger partial charge is 0.0408 e. The number of benzene rings is 2. The lowest BCUT2D eigenvalue weighted by Crippen LogP contribution is -2.15. The lowest BCUT2D eigenvalue weighted by molar-refractivity contribution is 0.694. The molecule has 0 bridgehead atoms. The Morgan fingerprint density at radius 2 is 1.80 bits per heavy atom. The summed E-state index contributed by atoms with van der Waals surface area (Å²) in [5.41, 5.74) is 9.65. The third-order valence-electron chi connectivity index (χ3n) is 3.54. The predicted octanol–water partition coefficient (Wildman–Crippen LogP) is 3.69. The number of nitrogens with zero attached hydrogens (tertiary/aromatic N) is 1. The highest BCUT2D eigenvalue weighted by Gasteiger charge is 2.11. The van der Waals surface area contributed by atoms with Crippen molar-refractivity contribution >= 4 is 17.3 Å². The summed E-state index contributed by atoms with van der Waals surface area (Å²) in [6, 6.07) is 16.6. The number of anilines is 1. The molecule has 1 unspecified atom stereocenters. The Hall–Kier alpha value is -1.51. The molecule has 0 aliphatic carbocycles. The van der Waals surface area contributed by atoms with Crippen LogP contribution in [0.1, 0.15) is 17.0 Å². The van der Waals surface area contributed by atoms with Crippen LogP contribution in [0.3, 0.4) is 0 Å². The summed E-state index contributed by atoms with van der Waals surface area (Å²) >= 11 is 6.04. The Morgan fingerprint density at radius 1 is 1.10 bits per heavy atom. The first-order valence-corrected chi connectivity index (χ1v) is 7.19. The minimum atomic E-state index is 0.324. The van der Waals surface area contributed by atoms with Gasteiger partial charge < -0.3 is 10.6 Å². The maximum atomic E-state index is 6.04. The largest absolute Gasteiger partial charge is 0.378 e. The summed E-state index contributed by atoms with van der Waals surface area (Å²) in [5.74, 6) is 0.324. The molecule has 2 aromatic carbocycles. The Labute approximate surface area is 126 Å². The van der Waals surface area contributed by atoms with Crippen LogP contribution < -0.4 is 10.6 Å². The number of rotatable bonds is 5. The zero-order valence-electron chi connectivity index (χ0n) is 12.0. The molecule has 0 amide bonds. The lowest BCUT2D eigenvalue weighted by atomic mass is 9.92. The van der Waals surface area contributed by atoms with Crippen LogP contribution >= 0.6 is 11.6 Å². The van der Waals surface area contributed by atoms with Crippen LogP contribution in [-0.2, 0) is 6.42 Å². The third kappa shape index (κ3) is 3.75. The second kappa shape index (κ2) is 6.78. The van der Waals surface area contributed by atoms with Crippen LogP contribution in [0.15, 0.2) is 48.5 Å². The number of hydrogen-bond donors (Lipinski definition) is 1. The molecule has 2 nitrogen and oxygen atoms in total. The van der Waals surface area contributed by atoms with Gasteiger partial charge in [-0.05, 0) is 48.4 Å². The van der Waals surface area contributed by atoms with E-state index in [4.69, 9.17) is 17.3 Å². The van der Waals surface area contributed by atoms with E-state index >= 15 is 0 Å². The number of nitrogens with two attached hydrogens (primary N) is 1. The van der Waals surface area contributed by atoms with Gasteiger partial charge >= 0.3 is 0 Å². The Morgan fingerprint density at radius 3 is 2.35 bits per heavy atom. The average molecular weight is 289 g/mol. The number of hydrogen-bond acceptors (Lipinski definition) is 2. The molecular formula is C17H21ClN2. The normalized spacial score (nSPS) is 12.2. The van der Waals surface area contributed by atoms with Gasteiger partial charge in [0, 0.05) is 30.7 Å². The fraction of sp³-hybridized carbons (Fsp3) is 0.294. The van der Waals surface area contributed by atoms with E-state index in [2.05, 4.69) is 35.2 Å². The van der Waals surface area contributed by atoms with E-state index in [1.165, 1.54) is 16.8 Å². The van der Waals surface area contributed by atoms with Crippen LogP contribution in [0.2, 0.25) is 5.02 Å². The van der Waals surface area contributed by atoms with Crippen molar-refractivity contribution in [1.82, 2.24) is 0 Å². The molecule has 0 radical (unpaired) electrons. The standard InChI is InChI=1S/C17H21ClN2/c1-20(2)17-8-6-14(7-9-17)15(12-19)10-13-4-3-5-16(18)11-13/h3-9,11,15H,10,12,19H2,1-2H3. The van der Waals surface area contributed by atoms with Crippen LogP contribution in [0.25, 0.3) is 0 Å². The van der Waals surface area contributed by atoms with Crippen molar-refractivity contribution < 1.29 is 0 Å². The van der Waals surface area contributed by atoms with Gasteiger partial charge in [0.05, 0.1) is 0 Å². The van der Waals surface area contributed by atoms with Crippen molar-refractivity contribution in [3.05, 3.63) is 64.7 Å². The van der Waals surface area contributed by atoms with Crippen molar-refractivity contribution in [2.75, 3.05) is 25.5 Å². The van der Waals surface area contributed by atoms with E-state index in [0.29, 0.717) is 12.5 Å². The molecule has 0 fully saturated rings. The fourth-order valence-corrected chi connectivity index (χ4v) is 2.54. The average Bonchev–Trinajstić information content (AvgIpc) is 2.45. The summed E-state index contributed by atoms with van der Waals surface area (Å²) in [6.45, 7) is 0.633. The van der Waals surface area contributed by atoms with Crippen molar-refractivity contribution in [3.63, 3.8) is 0 Å². The van der Waals surface area contributed by atoms with E-state index in [0.717, 1.165) is 11.4 Å². The molecule has 2 aromatic rings. The molecule has 20 heavy (non-hydrogen) atoms. The topological polar surface area (TPSA) is 29.3 Å². The minimum Gasteiger partial charge on any atom is -0.378 e. The molecule has 2 rings (SSSR count). The molecule has 0 saturated carbocycles. The molecule has 0 aliphatic rings. The third-order valence-corrected chi connectivity index (χ3v) is 3.77. The van der Waals surface area contributed by atoms with Gasteiger partial charge in [-0.25, -0.2) is 0 Å². The monoisotopic (exact) mass is 288 g/mol. The van der Waals surface area contributed by atoms with Gasteiger partial charge in [0.1, 0.15) is 0 Å². The van der Waals surface area contributed by atoms with Crippen LogP contribution in [0.5, 0.6) is 0 Å². The molecule has 0 heterocycles. The van der Waals surface area contributed by atoms with Crippen LogP contribution in [-0.4, -0.2) is 20.6 Å². The van der Waals surface area contributed by atoms with Gasteiger partial charge in [-0.2, -0.15) is 0 Å². The number of halogens is 1. The van der Waals surface area contributed by atoms with E-state index in [9.17, 15) is 0 Å². The lowest BCUT2D eigenvalue weighted by Gasteiger charge is -2.18. The first kappa shape index (κ1) is 14.9. The fourth-order valence-electron chi connectivity index (χ4n) is 2.33. The minimum absolute atomic E-state index is 0.324. The first-order chi connectivity index (χ1) is 9.60. The molecule has 0 aromatic heterocycles. The van der Waals surface area contributed by atoms with Gasteiger partial charge in [-0.1, -0.05) is 35.9 Å². The zero-order chi connectivity index (χ0) is 14.5. The van der Waals surface area contributed by atoms with E-state index in [1.54, 1.807) is 0 Å². The van der Waals surface area contributed by atoms with Gasteiger partial charge in [0.15, 0.2) is 0 Å². The highest BCUT2D eigenvalue weighted by molar-refractivity contribution is 6.30. The maximum Gasteiger partial charge on any atom is 0.0408 e. The van der Waals surface area contributed by atoms with Crippen molar-refractivity contribution in [2.24, 2.45) is 5.73 Å². The van der Waals surface area contributed by atoms with Crippen LogP contribution in [0.4, 0.5) is 5.69 Å². The summed E-state index contributed by atoms with van der Waals surface area (Å²) in [4.78, 5) is 2.10. The maximum absolute atomic E-state index is 6.04. The molecule has 2 N–H and O–H groups in total. The molecular weight excluding hydrogens is 268 g/mol.